The molecule has 1 amide bonds. The van der Waals surface area contributed by atoms with Crippen molar-refractivity contribution >= 4 is 17.6 Å². The van der Waals surface area contributed by atoms with Gasteiger partial charge in [-0.05, 0) is 36.1 Å². The number of carbonyl (C=O) groups is 2. The summed E-state index contributed by atoms with van der Waals surface area (Å²) in [5.41, 5.74) is 2.10. The van der Waals surface area contributed by atoms with Crippen molar-refractivity contribution in [2.24, 2.45) is 0 Å². The molecule has 1 N–H and O–H groups in total. The van der Waals surface area contributed by atoms with E-state index >= 15 is 0 Å². The molecule has 0 spiro atoms. The molecule has 0 aliphatic rings. The van der Waals surface area contributed by atoms with E-state index in [9.17, 15) is 9.59 Å². The number of anilines is 1. The number of nitrogens with one attached hydrogen (secondary N) is 1. The highest BCUT2D eigenvalue weighted by molar-refractivity contribution is 5.97. The minimum Gasteiger partial charge on any atom is -0.496 e. The smallest absolute Gasteiger partial charge is 0.342 e. The number of esters is 1. The van der Waals surface area contributed by atoms with Crippen LogP contribution >= 0.6 is 0 Å². The lowest BCUT2D eigenvalue weighted by molar-refractivity contribution is -0.119. The van der Waals surface area contributed by atoms with Crippen molar-refractivity contribution in [2.75, 3.05) is 19.0 Å². The van der Waals surface area contributed by atoms with Gasteiger partial charge in [-0.15, -0.1) is 0 Å². The first kappa shape index (κ1) is 18.5. The molecule has 0 unspecified atom stereocenters. The Bertz CT molecular complexity index is 742. The van der Waals surface area contributed by atoms with Gasteiger partial charge in [0.2, 0.25) is 0 Å². The summed E-state index contributed by atoms with van der Waals surface area (Å²) in [6.07, 6.45) is 0.968. The zero-order chi connectivity index (χ0) is 18.2. The van der Waals surface area contributed by atoms with Crippen molar-refractivity contribution in [1.29, 1.82) is 0 Å². The van der Waals surface area contributed by atoms with Crippen LogP contribution < -0.4 is 10.1 Å². The van der Waals surface area contributed by atoms with Crippen LogP contribution in [0.1, 0.15) is 42.1 Å². The maximum Gasteiger partial charge on any atom is 0.342 e. The molecule has 5 heteroatoms. The zero-order valence-corrected chi connectivity index (χ0v) is 14.7. The first-order chi connectivity index (χ1) is 12.1. The zero-order valence-electron chi connectivity index (χ0n) is 14.7. The van der Waals surface area contributed by atoms with Crippen LogP contribution in [0.5, 0.6) is 5.75 Å². The fourth-order valence-electron chi connectivity index (χ4n) is 2.47. The minimum atomic E-state index is -0.595. The van der Waals surface area contributed by atoms with Gasteiger partial charge in [0.25, 0.3) is 5.91 Å². The summed E-state index contributed by atoms with van der Waals surface area (Å²) >= 11 is 0. The first-order valence-corrected chi connectivity index (χ1v) is 8.25. The highest BCUT2D eigenvalue weighted by Gasteiger charge is 2.16. The normalized spacial score (nSPS) is 11.5. The summed E-state index contributed by atoms with van der Waals surface area (Å²) in [5, 5.41) is 2.81. The largest absolute Gasteiger partial charge is 0.496 e. The Balaban J connectivity index is 1.99. The Morgan fingerprint density at radius 2 is 1.76 bits per heavy atom. The molecule has 0 bridgehead atoms. The third-order valence-corrected chi connectivity index (χ3v) is 4.04. The van der Waals surface area contributed by atoms with Gasteiger partial charge in [0.05, 0.1) is 7.11 Å². The van der Waals surface area contributed by atoms with Gasteiger partial charge in [-0.1, -0.05) is 44.2 Å². The molecule has 132 valence electrons. The van der Waals surface area contributed by atoms with Gasteiger partial charge in [0.1, 0.15) is 11.3 Å². The van der Waals surface area contributed by atoms with Crippen LogP contribution in [-0.2, 0) is 9.53 Å². The van der Waals surface area contributed by atoms with Crippen LogP contribution in [0.3, 0.4) is 0 Å². The van der Waals surface area contributed by atoms with E-state index in [2.05, 4.69) is 19.2 Å². The van der Waals surface area contributed by atoms with Gasteiger partial charge in [0, 0.05) is 5.69 Å². The Labute approximate surface area is 148 Å². The van der Waals surface area contributed by atoms with E-state index in [0.29, 0.717) is 11.7 Å². The summed E-state index contributed by atoms with van der Waals surface area (Å²) in [5.74, 6) is -0.232. The lowest BCUT2D eigenvalue weighted by Gasteiger charge is -2.15. The second-order valence-corrected chi connectivity index (χ2v) is 5.72. The molecule has 1 atom stereocenters. The van der Waals surface area contributed by atoms with Crippen molar-refractivity contribution < 1.29 is 19.1 Å². The monoisotopic (exact) mass is 341 g/mol. The molecule has 5 nitrogen and oxygen atoms in total. The highest BCUT2D eigenvalue weighted by atomic mass is 16.5. The van der Waals surface area contributed by atoms with E-state index in [0.717, 1.165) is 17.7 Å². The second kappa shape index (κ2) is 8.87. The maximum atomic E-state index is 12.1. The summed E-state index contributed by atoms with van der Waals surface area (Å²) in [6, 6.07) is 14.4. The van der Waals surface area contributed by atoms with Gasteiger partial charge in [0.15, 0.2) is 6.61 Å². The molecular weight excluding hydrogens is 318 g/mol. The van der Waals surface area contributed by atoms with Crippen LogP contribution in [0.25, 0.3) is 0 Å². The summed E-state index contributed by atoms with van der Waals surface area (Å²) in [7, 11) is 1.48. The van der Waals surface area contributed by atoms with Crippen molar-refractivity contribution in [1.82, 2.24) is 0 Å². The number of hydrogen-bond acceptors (Lipinski definition) is 4. The van der Waals surface area contributed by atoms with E-state index in [4.69, 9.17) is 9.47 Å². The molecule has 25 heavy (non-hydrogen) atoms. The Morgan fingerprint density at radius 3 is 2.48 bits per heavy atom. The first-order valence-electron chi connectivity index (χ1n) is 8.25. The minimum absolute atomic E-state index is 0.290. The number of benzene rings is 2. The van der Waals surface area contributed by atoms with E-state index in [-0.39, 0.29) is 18.1 Å². The van der Waals surface area contributed by atoms with Gasteiger partial charge in [-0.3, -0.25) is 4.79 Å². The van der Waals surface area contributed by atoms with E-state index in [1.165, 1.54) is 7.11 Å². The second-order valence-electron chi connectivity index (χ2n) is 5.72. The molecule has 2 aromatic rings. The molecule has 0 heterocycles. The van der Waals surface area contributed by atoms with Crippen LogP contribution in [0.2, 0.25) is 0 Å². The van der Waals surface area contributed by atoms with Gasteiger partial charge in [-0.25, -0.2) is 4.79 Å². The van der Waals surface area contributed by atoms with E-state index < -0.39 is 5.97 Å². The molecule has 0 saturated heterocycles. The van der Waals surface area contributed by atoms with Crippen molar-refractivity contribution in [3.05, 3.63) is 59.7 Å². The lowest BCUT2D eigenvalue weighted by Crippen LogP contribution is -2.22. The Morgan fingerprint density at radius 1 is 1.08 bits per heavy atom. The quantitative estimate of drug-likeness (QED) is 0.773. The van der Waals surface area contributed by atoms with Crippen LogP contribution in [-0.4, -0.2) is 25.6 Å². The number of amides is 1. The average molecular weight is 341 g/mol. The maximum absolute atomic E-state index is 12.1. The predicted molar refractivity (Wildman–Crippen MR) is 97.1 cm³/mol. The third kappa shape index (κ3) is 4.83. The topological polar surface area (TPSA) is 64.6 Å². The van der Waals surface area contributed by atoms with Gasteiger partial charge in [-0.2, -0.15) is 0 Å². The molecule has 0 aromatic heterocycles. The summed E-state index contributed by atoms with van der Waals surface area (Å²) < 4.78 is 10.2. The number of methoxy groups -OCH3 is 1. The fraction of sp³-hybridized carbons (Fsp3) is 0.300. The Kier molecular flexibility index (Phi) is 6.57. The fourth-order valence-corrected chi connectivity index (χ4v) is 2.47. The van der Waals surface area contributed by atoms with E-state index in [1.54, 1.807) is 24.3 Å². The highest BCUT2D eigenvalue weighted by Crippen LogP contribution is 2.26. The van der Waals surface area contributed by atoms with Gasteiger partial charge >= 0.3 is 5.97 Å². The van der Waals surface area contributed by atoms with Crippen LogP contribution in [0.4, 0.5) is 5.69 Å². The standard InChI is InChI=1S/C20H23NO4/c1-4-14(2)15-9-5-7-11-17(15)21-19(22)13-25-20(23)16-10-6-8-12-18(16)24-3/h5-12,14H,4,13H2,1-3H3,(H,21,22)/t14-/m0/s1. The van der Waals surface area contributed by atoms with Crippen molar-refractivity contribution in [2.45, 2.75) is 26.2 Å². The number of hydrogen-bond donors (Lipinski definition) is 1. The molecule has 0 aliphatic heterocycles. The third-order valence-electron chi connectivity index (χ3n) is 4.04. The molecule has 0 saturated carbocycles. The number of ether oxygens (including phenoxy) is 2. The van der Waals surface area contributed by atoms with Gasteiger partial charge < -0.3 is 14.8 Å². The van der Waals surface area contributed by atoms with Crippen LogP contribution in [0.15, 0.2) is 48.5 Å². The molecule has 0 fully saturated rings. The Hall–Kier alpha value is -2.82. The molecular formula is C20H23NO4. The lowest BCUT2D eigenvalue weighted by atomic mass is 9.97. The van der Waals surface area contributed by atoms with Crippen molar-refractivity contribution in [3.8, 4) is 5.75 Å². The number of rotatable bonds is 7. The predicted octanol–water partition coefficient (Wildman–Crippen LogP) is 4.00. The van der Waals surface area contributed by atoms with E-state index in [1.807, 2.05) is 24.3 Å². The number of carbonyl (C=O) groups excluding carboxylic acids is 2. The van der Waals surface area contributed by atoms with Crippen molar-refractivity contribution in [3.63, 3.8) is 0 Å². The SMILES string of the molecule is CC[C@H](C)c1ccccc1NC(=O)COC(=O)c1ccccc1OC. The number of para-hydroxylation sites is 2. The molecule has 2 aromatic carbocycles. The average Bonchev–Trinajstić information content (AvgIpc) is 2.65. The molecule has 0 aliphatic carbocycles. The van der Waals surface area contributed by atoms with Crippen LogP contribution in [0, 0.1) is 0 Å². The summed E-state index contributed by atoms with van der Waals surface area (Å²) in [4.78, 5) is 24.3. The molecule has 2 rings (SSSR count). The molecule has 0 radical (unpaired) electrons. The summed E-state index contributed by atoms with van der Waals surface area (Å²) in [6.45, 7) is 3.84.